The predicted octanol–water partition coefficient (Wildman–Crippen LogP) is 2.56. The molecule has 6 heteroatoms. The summed E-state index contributed by atoms with van der Waals surface area (Å²) in [6.45, 7) is 2.25. The Morgan fingerprint density at radius 1 is 1.29 bits per heavy atom. The third kappa shape index (κ3) is 2.91. The second kappa shape index (κ2) is 6.47. The van der Waals surface area contributed by atoms with Gasteiger partial charge in [0.1, 0.15) is 0 Å². The number of nitrogens with zero attached hydrogens (tertiary/aromatic N) is 4. The molecule has 3 aromatic rings. The average Bonchev–Trinajstić information content (AvgIpc) is 3.30. The minimum Gasteiger partial charge on any atom is -0.342 e. The van der Waals surface area contributed by atoms with E-state index in [0.29, 0.717) is 18.9 Å². The quantitative estimate of drug-likeness (QED) is 0.802. The van der Waals surface area contributed by atoms with E-state index in [1.54, 1.807) is 6.20 Å². The number of aryl methyl sites for hydroxylation is 1. The van der Waals surface area contributed by atoms with Gasteiger partial charge in [0, 0.05) is 42.7 Å². The summed E-state index contributed by atoms with van der Waals surface area (Å²) in [6, 6.07) is 10.1. The van der Waals surface area contributed by atoms with E-state index in [2.05, 4.69) is 15.3 Å². The van der Waals surface area contributed by atoms with Gasteiger partial charge in [-0.15, -0.1) is 0 Å². The van der Waals surface area contributed by atoms with Crippen molar-refractivity contribution < 1.29 is 4.79 Å². The number of carbonyl (C=O) groups is 1. The van der Waals surface area contributed by atoms with Crippen molar-refractivity contribution >= 4 is 16.8 Å². The molecule has 1 fully saturated rings. The molecule has 1 aliphatic heterocycles. The molecule has 6 nitrogen and oxygen atoms in total. The molecule has 1 aromatic carbocycles. The first-order valence-corrected chi connectivity index (χ1v) is 8.49. The number of hydrogen-bond donors (Lipinski definition) is 1. The highest BCUT2D eigenvalue weighted by Gasteiger charge is 2.25. The predicted molar refractivity (Wildman–Crippen MR) is 91.5 cm³/mol. The third-order valence-corrected chi connectivity index (χ3v) is 4.82. The summed E-state index contributed by atoms with van der Waals surface area (Å²) < 4.78 is 1.92. The molecule has 0 radical (unpaired) electrons. The Morgan fingerprint density at radius 2 is 2.21 bits per heavy atom. The molecule has 1 aliphatic rings. The van der Waals surface area contributed by atoms with Gasteiger partial charge in [0.05, 0.1) is 18.3 Å². The first-order chi connectivity index (χ1) is 11.8. The van der Waals surface area contributed by atoms with E-state index in [4.69, 9.17) is 0 Å². The van der Waals surface area contributed by atoms with Crippen LogP contribution in [0.2, 0.25) is 0 Å². The van der Waals surface area contributed by atoms with Gasteiger partial charge in [0.25, 0.3) is 0 Å². The van der Waals surface area contributed by atoms with Crippen LogP contribution in [0.4, 0.5) is 0 Å². The average molecular weight is 323 g/mol. The van der Waals surface area contributed by atoms with Gasteiger partial charge < -0.3 is 4.90 Å². The fourth-order valence-electron chi connectivity index (χ4n) is 3.52. The van der Waals surface area contributed by atoms with Crippen LogP contribution < -0.4 is 0 Å². The standard InChI is InChI=1S/C18H21N5O/c24-18(8-11-23-17-6-2-1-4-14(17)12-20-23)22-10-3-5-15(13-22)16-7-9-19-21-16/h1-2,4,6-7,9,12,15H,3,5,8,10-11,13H2,(H,19,21)/t15-/m1/s1. The fraction of sp³-hybridized carbons (Fsp3) is 0.389. The summed E-state index contributed by atoms with van der Waals surface area (Å²) in [5.74, 6) is 0.578. The minimum atomic E-state index is 0.207. The first-order valence-electron chi connectivity index (χ1n) is 8.49. The molecular formula is C18H21N5O. The van der Waals surface area contributed by atoms with Gasteiger partial charge in [-0.3, -0.25) is 14.6 Å². The summed E-state index contributed by atoms with van der Waals surface area (Å²) >= 11 is 0. The third-order valence-electron chi connectivity index (χ3n) is 4.82. The molecule has 1 saturated heterocycles. The Kier molecular flexibility index (Phi) is 4.02. The molecule has 2 aromatic heterocycles. The largest absolute Gasteiger partial charge is 0.342 e. The van der Waals surface area contributed by atoms with Crippen LogP contribution in [0.1, 0.15) is 30.9 Å². The molecule has 0 saturated carbocycles. The second-order valence-electron chi connectivity index (χ2n) is 6.37. The monoisotopic (exact) mass is 323 g/mol. The van der Waals surface area contributed by atoms with Gasteiger partial charge in [-0.1, -0.05) is 18.2 Å². The normalized spacial score (nSPS) is 18.2. The van der Waals surface area contributed by atoms with Crippen LogP contribution in [0.3, 0.4) is 0 Å². The first kappa shape index (κ1) is 14.9. The number of rotatable bonds is 4. The van der Waals surface area contributed by atoms with E-state index >= 15 is 0 Å². The molecule has 0 bridgehead atoms. The molecule has 0 unspecified atom stereocenters. The number of fused-ring (bicyclic) bond motifs is 1. The van der Waals surface area contributed by atoms with Crippen LogP contribution in [0.25, 0.3) is 10.9 Å². The lowest BCUT2D eigenvalue weighted by molar-refractivity contribution is -0.132. The zero-order valence-corrected chi connectivity index (χ0v) is 13.6. The Morgan fingerprint density at radius 3 is 3.08 bits per heavy atom. The molecular weight excluding hydrogens is 302 g/mol. The number of aromatic amines is 1. The number of para-hydroxylation sites is 1. The van der Waals surface area contributed by atoms with Gasteiger partial charge in [-0.05, 0) is 25.0 Å². The number of likely N-dealkylation sites (tertiary alicyclic amines) is 1. The van der Waals surface area contributed by atoms with Gasteiger partial charge in [-0.2, -0.15) is 10.2 Å². The number of benzene rings is 1. The molecule has 1 atom stereocenters. The van der Waals surface area contributed by atoms with Gasteiger partial charge in [-0.25, -0.2) is 0 Å². The van der Waals surface area contributed by atoms with E-state index in [-0.39, 0.29) is 5.91 Å². The zero-order valence-electron chi connectivity index (χ0n) is 13.6. The maximum Gasteiger partial charge on any atom is 0.224 e. The minimum absolute atomic E-state index is 0.207. The lowest BCUT2D eigenvalue weighted by Crippen LogP contribution is -2.39. The van der Waals surface area contributed by atoms with Gasteiger partial charge >= 0.3 is 0 Å². The van der Waals surface area contributed by atoms with Crippen molar-refractivity contribution in [2.24, 2.45) is 0 Å². The number of hydrogen-bond acceptors (Lipinski definition) is 3. The molecule has 0 aliphatic carbocycles. The highest BCUT2D eigenvalue weighted by molar-refractivity contribution is 5.79. The van der Waals surface area contributed by atoms with Crippen LogP contribution in [0, 0.1) is 0 Å². The van der Waals surface area contributed by atoms with Crippen molar-refractivity contribution in [1.29, 1.82) is 0 Å². The molecule has 1 amide bonds. The maximum atomic E-state index is 12.6. The van der Waals surface area contributed by atoms with E-state index in [1.807, 2.05) is 46.1 Å². The van der Waals surface area contributed by atoms with E-state index < -0.39 is 0 Å². The molecule has 3 heterocycles. The van der Waals surface area contributed by atoms with Gasteiger partial charge in [0.15, 0.2) is 0 Å². The number of amides is 1. The van der Waals surface area contributed by atoms with Crippen molar-refractivity contribution in [3.63, 3.8) is 0 Å². The summed E-state index contributed by atoms with van der Waals surface area (Å²) in [5, 5.41) is 12.6. The van der Waals surface area contributed by atoms with Crippen molar-refractivity contribution in [2.75, 3.05) is 13.1 Å². The molecule has 1 N–H and O–H groups in total. The molecule has 0 spiro atoms. The molecule has 124 valence electrons. The maximum absolute atomic E-state index is 12.6. The van der Waals surface area contributed by atoms with Crippen molar-refractivity contribution in [3.05, 3.63) is 48.4 Å². The van der Waals surface area contributed by atoms with Crippen LogP contribution in [-0.4, -0.2) is 43.9 Å². The number of nitrogens with one attached hydrogen (secondary N) is 1. The fourth-order valence-corrected chi connectivity index (χ4v) is 3.52. The van der Waals surface area contributed by atoms with Crippen LogP contribution in [-0.2, 0) is 11.3 Å². The smallest absolute Gasteiger partial charge is 0.224 e. The summed E-state index contributed by atoms with van der Waals surface area (Å²) in [4.78, 5) is 14.6. The number of piperidine rings is 1. The van der Waals surface area contributed by atoms with Crippen molar-refractivity contribution in [1.82, 2.24) is 24.9 Å². The Balaban J connectivity index is 1.39. The number of aromatic nitrogens is 4. The van der Waals surface area contributed by atoms with Crippen molar-refractivity contribution in [2.45, 2.75) is 31.7 Å². The van der Waals surface area contributed by atoms with Crippen molar-refractivity contribution in [3.8, 4) is 0 Å². The van der Waals surface area contributed by atoms with E-state index in [9.17, 15) is 4.79 Å². The summed E-state index contributed by atoms with van der Waals surface area (Å²) in [5.41, 5.74) is 2.21. The number of H-pyrrole nitrogens is 1. The summed E-state index contributed by atoms with van der Waals surface area (Å²) in [7, 11) is 0. The lowest BCUT2D eigenvalue weighted by Gasteiger charge is -2.32. The topological polar surface area (TPSA) is 66.8 Å². The highest BCUT2D eigenvalue weighted by atomic mass is 16.2. The Hall–Kier alpha value is -2.63. The van der Waals surface area contributed by atoms with E-state index in [0.717, 1.165) is 42.5 Å². The molecule has 24 heavy (non-hydrogen) atoms. The van der Waals surface area contributed by atoms with Crippen LogP contribution >= 0.6 is 0 Å². The lowest BCUT2D eigenvalue weighted by atomic mass is 9.95. The van der Waals surface area contributed by atoms with Crippen LogP contribution in [0.15, 0.2) is 42.7 Å². The van der Waals surface area contributed by atoms with Gasteiger partial charge in [0.2, 0.25) is 5.91 Å². The Bertz CT molecular complexity index is 823. The highest BCUT2D eigenvalue weighted by Crippen LogP contribution is 2.25. The Labute approximate surface area is 140 Å². The van der Waals surface area contributed by atoms with Crippen LogP contribution in [0.5, 0.6) is 0 Å². The second-order valence-corrected chi connectivity index (χ2v) is 6.37. The summed E-state index contributed by atoms with van der Waals surface area (Å²) in [6.07, 6.45) is 6.27. The van der Waals surface area contributed by atoms with E-state index in [1.165, 1.54) is 0 Å². The number of carbonyl (C=O) groups excluding carboxylic acids is 1. The zero-order chi connectivity index (χ0) is 16.4. The molecule has 4 rings (SSSR count). The SMILES string of the molecule is O=C(CCn1ncc2ccccc21)N1CCC[C@@H](c2ccn[nH]2)C1.